The average molecular weight is 306 g/mol. The van der Waals surface area contributed by atoms with Crippen LogP contribution in [0.2, 0.25) is 0 Å². The van der Waals surface area contributed by atoms with Crippen LogP contribution in [0.1, 0.15) is 15.9 Å². The van der Waals surface area contributed by atoms with E-state index < -0.39 is 0 Å². The largest absolute Gasteiger partial charge is 0.496 e. The quantitative estimate of drug-likeness (QED) is 0.699. The number of ketones is 1. The van der Waals surface area contributed by atoms with E-state index in [1.807, 2.05) is 6.07 Å². The summed E-state index contributed by atoms with van der Waals surface area (Å²) >= 11 is 3.33. The van der Waals surface area contributed by atoms with Crippen LogP contribution in [0, 0.1) is 0 Å². The number of rotatable bonds is 3. The van der Waals surface area contributed by atoms with E-state index in [-0.39, 0.29) is 5.78 Å². The van der Waals surface area contributed by atoms with Gasteiger partial charge in [0.15, 0.2) is 5.78 Å². The molecule has 0 aromatic heterocycles. The number of carbonyl (C=O) groups excluding carboxylic acids is 1. The number of halogens is 1. The van der Waals surface area contributed by atoms with Gasteiger partial charge in [-0.1, -0.05) is 28.1 Å². The van der Waals surface area contributed by atoms with Gasteiger partial charge in [-0.15, -0.1) is 0 Å². The molecule has 0 unspecified atom stereocenters. The second kappa shape index (κ2) is 5.23. The monoisotopic (exact) mass is 305 g/mol. The van der Waals surface area contributed by atoms with Gasteiger partial charge in [-0.05, 0) is 30.3 Å². The van der Waals surface area contributed by atoms with E-state index in [4.69, 9.17) is 10.5 Å². The molecule has 2 N–H and O–H groups in total. The Kier molecular flexibility index (Phi) is 3.67. The third-order valence-electron chi connectivity index (χ3n) is 2.61. The zero-order valence-corrected chi connectivity index (χ0v) is 11.4. The Morgan fingerprint density at radius 2 is 1.89 bits per heavy atom. The normalized spacial score (nSPS) is 10.1. The van der Waals surface area contributed by atoms with E-state index >= 15 is 0 Å². The standard InChI is InChI=1S/C14H12BrNO2/c1-18-13-5-3-2-4-10(13)14(17)11-8-9(15)6-7-12(11)16/h2-8H,16H2,1H3. The Morgan fingerprint density at radius 3 is 2.61 bits per heavy atom. The van der Waals surface area contributed by atoms with Gasteiger partial charge in [-0.3, -0.25) is 4.79 Å². The van der Waals surface area contributed by atoms with Gasteiger partial charge < -0.3 is 10.5 Å². The van der Waals surface area contributed by atoms with Gasteiger partial charge in [-0.25, -0.2) is 0 Å². The highest BCUT2D eigenvalue weighted by Crippen LogP contribution is 2.25. The lowest BCUT2D eigenvalue weighted by Gasteiger charge is -2.09. The predicted molar refractivity (Wildman–Crippen MR) is 75.0 cm³/mol. The van der Waals surface area contributed by atoms with Crippen LogP contribution < -0.4 is 10.5 Å². The third-order valence-corrected chi connectivity index (χ3v) is 3.10. The number of hydrogen-bond acceptors (Lipinski definition) is 3. The summed E-state index contributed by atoms with van der Waals surface area (Å²) in [4.78, 5) is 12.4. The molecule has 0 amide bonds. The van der Waals surface area contributed by atoms with Gasteiger partial charge in [0, 0.05) is 15.7 Å². The number of benzene rings is 2. The zero-order valence-electron chi connectivity index (χ0n) is 9.81. The van der Waals surface area contributed by atoms with Gasteiger partial charge >= 0.3 is 0 Å². The summed E-state index contributed by atoms with van der Waals surface area (Å²) < 4.78 is 6.00. The third kappa shape index (κ3) is 2.38. The first-order valence-corrected chi connectivity index (χ1v) is 6.15. The Morgan fingerprint density at radius 1 is 1.17 bits per heavy atom. The summed E-state index contributed by atoms with van der Waals surface area (Å²) in [6.45, 7) is 0. The summed E-state index contributed by atoms with van der Waals surface area (Å²) in [5.41, 5.74) is 7.26. The first-order chi connectivity index (χ1) is 8.63. The van der Waals surface area contributed by atoms with Crippen molar-refractivity contribution in [2.75, 3.05) is 12.8 Å². The first kappa shape index (κ1) is 12.6. The van der Waals surface area contributed by atoms with E-state index in [2.05, 4.69) is 15.9 Å². The topological polar surface area (TPSA) is 52.3 Å². The van der Waals surface area contributed by atoms with Crippen LogP contribution in [0.4, 0.5) is 5.69 Å². The molecule has 0 aliphatic heterocycles. The maximum Gasteiger partial charge on any atom is 0.198 e. The number of methoxy groups -OCH3 is 1. The van der Waals surface area contributed by atoms with Crippen LogP contribution in [-0.4, -0.2) is 12.9 Å². The lowest BCUT2D eigenvalue weighted by Crippen LogP contribution is -2.07. The molecule has 0 spiro atoms. The smallest absolute Gasteiger partial charge is 0.198 e. The molecular weight excluding hydrogens is 294 g/mol. The van der Waals surface area contributed by atoms with Crippen molar-refractivity contribution < 1.29 is 9.53 Å². The minimum absolute atomic E-state index is 0.147. The number of hydrogen-bond donors (Lipinski definition) is 1. The van der Waals surface area contributed by atoms with Crippen molar-refractivity contribution in [2.24, 2.45) is 0 Å². The summed E-state index contributed by atoms with van der Waals surface area (Å²) in [6, 6.07) is 12.3. The fourth-order valence-electron chi connectivity index (χ4n) is 1.70. The van der Waals surface area contributed by atoms with E-state index in [0.717, 1.165) is 4.47 Å². The van der Waals surface area contributed by atoms with Crippen molar-refractivity contribution in [3.8, 4) is 5.75 Å². The summed E-state index contributed by atoms with van der Waals surface area (Å²) in [7, 11) is 1.54. The maximum absolute atomic E-state index is 12.4. The molecule has 2 rings (SSSR count). The van der Waals surface area contributed by atoms with E-state index in [9.17, 15) is 4.79 Å². The summed E-state index contributed by atoms with van der Waals surface area (Å²) in [5.74, 6) is 0.396. The molecule has 0 radical (unpaired) electrons. The zero-order chi connectivity index (χ0) is 13.1. The second-order valence-electron chi connectivity index (χ2n) is 3.76. The van der Waals surface area contributed by atoms with Crippen LogP contribution in [0.5, 0.6) is 5.75 Å². The predicted octanol–water partition coefficient (Wildman–Crippen LogP) is 3.27. The van der Waals surface area contributed by atoms with Crippen molar-refractivity contribution in [3.63, 3.8) is 0 Å². The van der Waals surface area contributed by atoms with Gasteiger partial charge in [0.2, 0.25) is 0 Å². The van der Waals surface area contributed by atoms with E-state index in [0.29, 0.717) is 22.6 Å². The van der Waals surface area contributed by atoms with Crippen LogP contribution >= 0.6 is 15.9 Å². The van der Waals surface area contributed by atoms with Crippen molar-refractivity contribution in [2.45, 2.75) is 0 Å². The molecule has 0 fully saturated rings. The molecular formula is C14H12BrNO2. The number of carbonyl (C=O) groups is 1. The number of nitrogens with two attached hydrogens (primary N) is 1. The van der Waals surface area contributed by atoms with Crippen LogP contribution in [-0.2, 0) is 0 Å². The molecule has 3 nitrogen and oxygen atoms in total. The van der Waals surface area contributed by atoms with Crippen molar-refractivity contribution in [3.05, 3.63) is 58.1 Å². The molecule has 0 atom stereocenters. The molecule has 0 heterocycles. The molecule has 92 valence electrons. The van der Waals surface area contributed by atoms with Crippen LogP contribution in [0.25, 0.3) is 0 Å². The molecule has 0 aliphatic carbocycles. The Hall–Kier alpha value is -1.81. The van der Waals surface area contributed by atoms with Crippen molar-refractivity contribution in [1.82, 2.24) is 0 Å². The summed E-state index contributed by atoms with van der Waals surface area (Å²) in [5, 5.41) is 0. The van der Waals surface area contributed by atoms with Crippen LogP contribution in [0.3, 0.4) is 0 Å². The molecule has 0 aliphatic rings. The molecule has 0 saturated heterocycles. The SMILES string of the molecule is COc1ccccc1C(=O)c1cc(Br)ccc1N. The molecule has 0 saturated carbocycles. The lowest BCUT2D eigenvalue weighted by molar-refractivity contribution is 0.103. The van der Waals surface area contributed by atoms with Gasteiger partial charge in [0.1, 0.15) is 5.75 Å². The van der Waals surface area contributed by atoms with E-state index in [1.165, 1.54) is 7.11 Å². The molecule has 4 heteroatoms. The maximum atomic E-state index is 12.4. The molecule has 0 bridgehead atoms. The number of ether oxygens (including phenoxy) is 1. The second-order valence-corrected chi connectivity index (χ2v) is 4.68. The highest BCUT2D eigenvalue weighted by Gasteiger charge is 2.16. The first-order valence-electron chi connectivity index (χ1n) is 5.36. The van der Waals surface area contributed by atoms with Crippen molar-refractivity contribution >= 4 is 27.4 Å². The average Bonchev–Trinajstić information content (AvgIpc) is 2.40. The molecule has 2 aromatic carbocycles. The number of para-hydroxylation sites is 1. The number of nitrogen functional groups attached to an aromatic ring is 1. The van der Waals surface area contributed by atoms with Crippen LogP contribution in [0.15, 0.2) is 46.9 Å². The van der Waals surface area contributed by atoms with Gasteiger partial charge in [0.05, 0.1) is 12.7 Å². The fraction of sp³-hybridized carbons (Fsp3) is 0.0714. The summed E-state index contributed by atoms with van der Waals surface area (Å²) in [6.07, 6.45) is 0. The Bertz CT molecular complexity index is 596. The Balaban J connectivity index is 2.51. The highest BCUT2D eigenvalue weighted by atomic mass is 79.9. The number of anilines is 1. The van der Waals surface area contributed by atoms with E-state index in [1.54, 1.807) is 36.4 Å². The lowest BCUT2D eigenvalue weighted by atomic mass is 10.0. The Labute approximate surface area is 114 Å². The molecule has 18 heavy (non-hydrogen) atoms. The highest BCUT2D eigenvalue weighted by molar-refractivity contribution is 9.10. The van der Waals surface area contributed by atoms with Gasteiger partial charge in [0.25, 0.3) is 0 Å². The molecule has 2 aromatic rings. The van der Waals surface area contributed by atoms with Crippen molar-refractivity contribution in [1.29, 1.82) is 0 Å². The van der Waals surface area contributed by atoms with Gasteiger partial charge in [-0.2, -0.15) is 0 Å². The fourth-order valence-corrected chi connectivity index (χ4v) is 2.06. The minimum Gasteiger partial charge on any atom is -0.496 e. The minimum atomic E-state index is -0.147.